The molecule has 0 unspecified atom stereocenters. The van der Waals surface area contributed by atoms with Crippen LogP contribution in [0.5, 0.6) is 11.5 Å². The Labute approximate surface area is 173 Å². The number of rotatable bonds is 4. The van der Waals surface area contributed by atoms with Gasteiger partial charge in [0, 0.05) is 23.7 Å². The maximum absolute atomic E-state index is 12.7. The molecular formula is C19H13ClN4O4S. The number of benzene rings is 2. The van der Waals surface area contributed by atoms with Crippen LogP contribution in [0.1, 0.15) is 5.89 Å². The summed E-state index contributed by atoms with van der Waals surface area (Å²) in [5, 5.41) is 5.59. The Kier molecular flexibility index (Phi) is 4.40. The van der Waals surface area contributed by atoms with E-state index < -0.39 is 0 Å². The summed E-state index contributed by atoms with van der Waals surface area (Å²) in [7, 11) is 1.67. The summed E-state index contributed by atoms with van der Waals surface area (Å²) in [5.41, 5.74) is 1.15. The predicted octanol–water partition coefficient (Wildman–Crippen LogP) is 3.66. The maximum Gasteiger partial charge on any atom is 0.261 e. The third-order valence-corrected chi connectivity index (χ3v) is 5.65. The lowest BCUT2D eigenvalue weighted by molar-refractivity contribution is 0.174. The van der Waals surface area contributed by atoms with Crippen LogP contribution in [0.15, 0.2) is 50.9 Å². The first-order valence-electron chi connectivity index (χ1n) is 8.60. The molecule has 2 aromatic heterocycles. The zero-order valence-corrected chi connectivity index (χ0v) is 16.7. The minimum atomic E-state index is -0.166. The van der Waals surface area contributed by atoms with Gasteiger partial charge in [0.2, 0.25) is 18.5 Å². The molecule has 146 valence electrons. The van der Waals surface area contributed by atoms with Gasteiger partial charge in [0.25, 0.3) is 5.56 Å². The normalized spacial score (nSPS) is 12.6. The fourth-order valence-corrected chi connectivity index (χ4v) is 3.95. The highest BCUT2D eigenvalue weighted by Crippen LogP contribution is 2.35. The maximum atomic E-state index is 12.7. The summed E-state index contributed by atoms with van der Waals surface area (Å²) in [6, 6.07) is 10.6. The number of hydrogen-bond donors (Lipinski definition) is 0. The van der Waals surface area contributed by atoms with Crippen molar-refractivity contribution in [3.63, 3.8) is 0 Å². The third kappa shape index (κ3) is 3.32. The number of halogens is 1. The van der Waals surface area contributed by atoms with Crippen molar-refractivity contribution in [1.29, 1.82) is 0 Å². The molecular weight excluding hydrogens is 416 g/mol. The van der Waals surface area contributed by atoms with Gasteiger partial charge in [-0.15, -0.1) is 0 Å². The fraction of sp³-hybridized carbons (Fsp3) is 0.158. The standard InChI is InChI=1S/C19H13ClN4O4S/c1-24-18(25)12-6-14-15(27-9-26-14)7-13(12)21-19(24)29-8-16-22-17(23-28-16)10-3-2-4-11(20)5-10/h2-7H,8-9H2,1H3. The fourth-order valence-electron chi connectivity index (χ4n) is 2.95. The van der Waals surface area contributed by atoms with E-state index in [1.807, 2.05) is 12.1 Å². The van der Waals surface area contributed by atoms with Crippen LogP contribution in [0.2, 0.25) is 5.02 Å². The smallest absolute Gasteiger partial charge is 0.261 e. The molecule has 0 atom stereocenters. The van der Waals surface area contributed by atoms with E-state index in [1.165, 1.54) is 16.3 Å². The third-order valence-electron chi connectivity index (χ3n) is 4.40. The van der Waals surface area contributed by atoms with Gasteiger partial charge in [-0.3, -0.25) is 9.36 Å². The first-order chi connectivity index (χ1) is 14.1. The van der Waals surface area contributed by atoms with Gasteiger partial charge in [0.05, 0.1) is 16.7 Å². The summed E-state index contributed by atoms with van der Waals surface area (Å²) >= 11 is 7.34. The summed E-state index contributed by atoms with van der Waals surface area (Å²) in [5.74, 6) is 2.37. The lowest BCUT2D eigenvalue weighted by Gasteiger charge is -2.08. The van der Waals surface area contributed by atoms with Gasteiger partial charge >= 0.3 is 0 Å². The quantitative estimate of drug-likeness (QED) is 0.359. The summed E-state index contributed by atoms with van der Waals surface area (Å²) < 4.78 is 17.5. The summed E-state index contributed by atoms with van der Waals surface area (Å²) in [4.78, 5) is 21.7. The Hall–Kier alpha value is -3.04. The van der Waals surface area contributed by atoms with Crippen LogP contribution >= 0.6 is 23.4 Å². The molecule has 0 fully saturated rings. The molecule has 3 heterocycles. The van der Waals surface area contributed by atoms with Crippen LogP contribution in [-0.4, -0.2) is 26.5 Å². The lowest BCUT2D eigenvalue weighted by Crippen LogP contribution is -2.20. The van der Waals surface area contributed by atoms with Crippen molar-refractivity contribution in [3.8, 4) is 22.9 Å². The molecule has 0 saturated heterocycles. The van der Waals surface area contributed by atoms with Crippen molar-refractivity contribution in [2.24, 2.45) is 7.05 Å². The Morgan fingerprint density at radius 3 is 2.83 bits per heavy atom. The van der Waals surface area contributed by atoms with Crippen molar-refractivity contribution in [3.05, 3.63) is 57.7 Å². The highest BCUT2D eigenvalue weighted by Gasteiger charge is 2.18. The molecule has 4 aromatic rings. The van der Waals surface area contributed by atoms with E-state index in [4.69, 9.17) is 25.6 Å². The topological polar surface area (TPSA) is 92.3 Å². The largest absolute Gasteiger partial charge is 0.454 e. The molecule has 0 aliphatic carbocycles. The highest BCUT2D eigenvalue weighted by molar-refractivity contribution is 7.98. The van der Waals surface area contributed by atoms with E-state index in [0.717, 1.165) is 5.56 Å². The van der Waals surface area contributed by atoms with E-state index in [1.54, 1.807) is 31.3 Å². The molecule has 29 heavy (non-hydrogen) atoms. The highest BCUT2D eigenvalue weighted by atomic mass is 35.5. The molecule has 0 radical (unpaired) electrons. The molecule has 0 bridgehead atoms. The van der Waals surface area contributed by atoms with Crippen molar-refractivity contribution < 1.29 is 14.0 Å². The predicted molar refractivity (Wildman–Crippen MR) is 107 cm³/mol. The first-order valence-corrected chi connectivity index (χ1v) is 9.96. The number of aromatic nitrogens is 4. The number of hydrogen-bond acceptors (Lipinski definition) is 8. The first kappa shape index (κ1) is 18.0. The van der Waals surface area contributed by atoms with Gasteiger partial charge in [-0.1, -0.05) is 40.7 Å². The lowest BCUT2D eigenvalue weighted by atomic mass is 10.2. The van der Waals surface area contributed by atoms with E-state index in [2.05, 4.69) is 15.1 Å². The van der Waals surface area contributed by atoms with Crippen LogP contribution in [0.3, 0.4) is 0 Å². The van der Waals surface area contributed by atoms with E-state index in [-0.39, 0.29) is 12.4 Å². The number of ether oxygens (including phenoxy) is 2. The molecule has 8 nitrogen and oxygen atoms in total. The minimum absolute atomic E-state index is 0.139. The SMILES string of the molecule is Cn1c(SCc2nc(-c3cccc(Cl)c3)no2)nc2cc3c(cc2c1=O)OCO3. The molecule has 5 rings (SSSR count). The Balaban J connectivity index is 1.42. The van der Waals surface area contributed by atoms with Crippen LogP contribution in [0, 0.1) is 0 Å². The summed E-state index contributed by atoms with van der Waals surface area (Å²) in [6.45, 7) is 0.139. The van der Waals surface area contributed by atoms with Crippen molar-refractivity contribution >= 4 is 34.3 Å². The van der Waals surface area contributed by atoms with Gasteiger partial charge in [-0.05, 0) is 18.2 Å². The van der Waals surface area contributed by atoms with Crippen molar-refractivity contribution in [2.75, 3.05) is 6.79 Å². The molecule has 10 heteroatoms. The van der Waals surface area contributed by atoms with E-state index >= 15 is 0 Å². The molecule has 0 amide bonds. The van der Waals surface area contributed by atoms with Crippen molar-refractivity contribution in [2.45, 2.75) is 10.9 Å². The average Bonchev–Trinajstić information content (AvgIpc) is 3.37. The van der Waals surface area contributed by atoms with Gasteiger partial charge in [0.1, 0.15) is 0 Å². The zero-order chi connectivity index (χ0) is 20.0. The number of thioether (sulfide) groups is 1. The second-order valence-corrected chi connectivity index (χ2v) is 7.67. The Bertz CT molecular complexity index is 1300. The van der Waals surface area contributed by atoms with Gasteiger partial charge in [-0.2, -0.15) is 4.98 Å². The molecule has 1 aliphatic heterocycles. The van der Waals surface area contributed by atoms with Crippen LogP contribution in [0.25, 0.3) is 22.3 Å². The second-order valence-electron chi connectivity index (χ2n) is 6.29. The molecule has 0 saturated carbocycles. The Morgan fingerprint density at radius 1 is 1.17 bits per heavy atom. The van der Waals surface area contributed by atoms with Crippen molar-refractivity contribution in [1.82, 2.24) is 19.7 Å². The number of fused-ring (bicyclic) bond motifs is 2. The van der Waals surface area contributed by atoms with Gasteiger partial charge in [-0.25, -0.2) is 4.98 Å². The average molecular weight is 429 g/mol. The summed E-state index contributed by atoms with van der Waals surface area (Å²) in [6.07, 6.45) is 0. The van der Waals surface area contributed by atoms with Gasteiger partial charge in [0.15, 0.2) is 16.7 Å². The van der Waals surface area contributed by atoms with Crippen LogP contribution in [0.4, 0.5) is 0 Å². The second kappa shape index (κ2) is 7.09. The van der Waals surface area contributed by atoms with Gasteiger partial charge < -0.3 is 14.0 Å². The molecule has 1 aliphatic rings. The molecule has 2 aromatic carbocycles. The monoisotopic (exact) mass is 428 g/mol. The van der Waals surface area contributed by atoms with E-state index in [0.29, 0.717) is 50.0 Å². The number of nitrogens with zero attached hydrogens (tertiary/aromatic N) is 4. The van der Waals surface area contributed by atoms with Crippen LogP contribution < -0.4 is 15.0 Å². The van der Waals surface area contributed by atoms with E-state index in [9.17, 15) is 4.79 Å². The molecule has 0 N–H and O–H groups in total. The minimum Gasteiger partial charge on any atom is -0.454 e. The zero-order valence-electron chi connectivity index (χ0n) is 15.1. The Morgan fingerprint density at radius 2 is 2.00 bits per heavy atom. The van der Waals surface area contributed by atoms with Crippen LogP contribution in [-0.2, 0) is 12.8 Å². The molecule has 0 spiro atoms.